The normalized spacial score (nSPS) is 12.7. The van der Waals surface area contributed by atoms with Crippen LogP contribution in [0.15, 0.2) is 65.6 Å². The fourth-order valence-corrected chi connectivity index (χ4v) is 3.74. The fraction of sp³-hybridized carbons (Fsp3) is 0.125. The average molecular weight is 321 g/mol. The average Bonchev–Trinajstić information content (AvgIpc) is 2.86. The number of halogens is 2. The molecule has 0 saturated carbocycles. The van der Waals surface area contributed by atoms with E-state index in [0.717, 1.165) is 0 Å². The second-order valence-electron chi connectivity index (χ2n) is 4.98. The standard InChI is InChI=1S/C16H13F2NO2S/c1-19-14-10-6-5-7-12(14)11-15(19)16(17,18)22(20,21)13-8-3-2-4-9-13/h2-11H,1H3. The number of aryl methyl sites for hydroxylation is 1. The minimum absolute atomic E-state index is 0.398. The second-order valence-corrected chi connectivity index (χ2v) is 6.97. The van der Waals surface area contributed by atoms with E-state index in [4.69, 9.17) is 0 Å². The van der Waals surface area contributed by atoms with Gasteiger partial charge in [0, 0.05) is 18.0 Å². The molecule has 0 spiro atoms. The number of rotatable bonds is 3. The maximum absolute atomic E-state index is 14.7. The summed E-state index contributed by atoms with van der Waals surface area (Å²) in [6.45, 7) is 0. The Labute approximate surface area is 126 Å². The number of para-hydroxylation sites is 1. The zero-order valence-corrected chi connectivity index (χ0v) is 12.5. The van der Waals surface area contributed by atoms with Crippen molar-refractivity contribution in [2.75, 3.05) is 0 Å². The van der Waals surface area contributed by atoms with Crippen LogP contribution >= 0.6 is 0 Å². The highest BCUT2D eigenvalue weighted by atomic mass is 32.2. The first-order valence-electron chi connectivity index (χ1n) is 6.58. The molecule has 0 aliphatic rings. The van der Waals surface area contributed by atoms with Gasteiger partial charge in [-0.2, -0.15) is 8.78 Å². The molecular formula is C16H13F2NO2S. The van der Waals surface area contributed by atoms with Gasteiger partial charge in [-0.15, -0.1) is 0 Å². The molecule has 2 aromatic carbocycles. The van der Waals surface area contributed by atoms with Gasteiger partial charge < -0.3 is 4.57 Å². The lowest BCUT2D eigenvalue weighted by molar-refractivity contribution is 0.0828. The Morgan fingerprint density at radius 1 is 0.955 bits per heavy atom. The van der Waals surface area contributed by atoms with Crippen molar-refractivity contribution in [2.45, 2.75) is 10.2 Å². The van der Waals surface area contributed by atoms with Gasteiger partial charge in [0.05, 0.1) is 4.90 Å². The molecule has 0 unspecified atom stereocenters. The molecule has 3 rings (SSSR count). The van der Waals surface area contributed by atoms with Crippen molar-refractivity contribution in [1.29, 1.82) is 0 Å². The molecule has 0 N–H and O–H groups in total. The lowest BCUT2D eigenvalue weighted by atomic mass is 10.2. The predicted molar refractivity (Wildman–Crippen MR) is 80.4 cm³/mol. The van der Waals surface area contributed by atoms with Crippen molar-refractivity contribution in [3.63, 3.8) is 0 Å². The van der Waals surface area contributed by atoms with Crippen LogP contribution in [0.3, 0.4) is 0 Å². The summed E-state index contributed by atoms with van der Waals surface area (Å²) in [6, 6.07) is 14.8. The maximum Gasteiger partial charge on any atom is 0.389 e. The summed E-state index contributed by atoms with van der Waals surface area (Å²) in [6.07, 6.45) is 0. The molecule has 0 atom stereocenters. The minimum Gasteiger partial charge on any atom is -0.342 e. The van der Waals surface area contributed by atoms with Crippen LogP contribution in [0.4, 0.5) is 8.78 Å². The Hall–Kier alpha value is -2.21. The Kier molecular flexibility index (Phi) is 3.29. The number of benzene rings is 2. The molecule has 0 saturated heterocycles. The first-order valence-corrected chi connectivity index (χ1v) is 8.06. The molecule has 0 radical (unpaired) electrons. The number of hydrogen-bond donors (Lipinski definition) is 0. The van der Waals surface area contributed by atoms with Gasteiger partial charge in [-0.25, -0.2) is 8.42 Å². The summed E-state index contributed by atoms with van der Waals surface area (Å²) in [5.74, 6) is 0. The molecule has 6 heteroatoms. The zero-order chi connectivity index (χ0) is 16.0. The third-order valence-electron chi connectivity index (χ3n) is 3.64. The molecule has 1 aromatic heterocycles. The van der Waals surface area contributed by atoms with E-state index in [9.17, 15) is 17.2 Å². The molecular weight excluding hydrogens is 308 g/mol. The molecule has 0 fully saturated rings. The summed E-state index contributed by atoms with van der Waals surface area (Å²) in [4.78, 5) is -0.398. The molecule has 3 aromatic rings. The first-order chi connectivity index (χ1) is 10.4. The van der Waals surface area contributed by atoms with Crippen LogP contribution in [-0.2, 0) is 22.1 Å². The summed E-state index contributed by atoms with van der Waals surface area (Å²) in [5.41, 5.74) is 0.0120. The van der Waals surface area contributed by atoms with E-state index in [-0.39, 0.29) is 0 Å². The van der Waals surface area contributed by atoms with Gasteiger partial charge in [0.15, 0.2) is 0 Å². The molecule has 0 bridgehead atoms. The number of nitrogens with zero attached hydrogens (tertiary/aromatic N) is 1. The monoisotopic (exact) mass is 321 g/mol. The second kappa shape index (κ2) is 4.91. The van der Waals surface area contributed by atoms with Gasteiger partial charge in [-0.05, 0) is 24.3 Å². The summed E-state index contributed by atoms with van der Waals surface area (Å²) < 4.78 is 55.3. The third kappa shape index (κ3) is 2.02. The molecule has 1 heterocycles. The highest BCUT2D eigenvalue weighted by Gasteiger charge is 2.49. The fourth-order valence-electron chi connectivity index (χ4n) is 2.45. The summed E-state index contributed by atoms with van der Waals surface area (Å²) in [5, 5.41) is -3.44. The molecule has 0 aliphatic carbocycles. The van der Waals surface area contributed by atoms with Crippen LogP contribution in [0.1, 0.15) is 5.69 Å². The van der Waals surface area contributed by atoms with Crippen LogP contribution in [-0.4, -0.2) is 13.0 Å². The van der Waals surface area contributed by atoms with Crippen molar-refractivity contribution in [3.05, 3.63) is 66.4 Å². The maximum atomic E-state index is 14.7. The van der Waals surface area contributed by atoms with Gasteiger partial charge in [-0.1, -0.05) is 36.4 Å². The molecule has 0 aliphatic heterocycles. The van der Waals surface area contributed by atoms with E-state index < -0.39 is 25.7 Å². The van der Waals surface area contributed by atoms with Gasteiger partial charge in [0.2, 0.25) is 9.84 Å². The Morgan fingerprint density at radius 3 is 2.18 bits per heavy atom. The van der Waals surface area contributed by atoms with Gasteiger partial charge in [0.1, 0.15) is 5.69 Å². The number of fused-ring (bicyclic) bond motifs is 1. The van der Waals surface area contributed by atoms with E-state index in [1.807, 2.05) is 0 Å². The topological polar surface area (TPSA) is 39.1 Å². The predicted octanol–water partition coefficient (Wildman–Crippen LogP) is 3.70. The molecule has 114 valence electrons. The summed E-state index contributed by atoms with van der Waals surface area (Å²) >= 11 is 0. The zero-order valence-electron chi connectivity index (χ0n) is 11.7. The first kappa shape index (κ1) is 14.7. The van der Waals surface area contributed by atoms with E-state index in [0.29, 0.717) is 10.9 Å². The van der Waals surface area contributed by atoms with Crippen LogP contribution < -0.4 is 0 Å². The summed E-state index contributed by atoms with van der Waals surface area (Å²) in [7, 11) is -3.38. The van der Waals surface area contributed by atoms with Gasteiger partial charge >= 0.3 is 5.25 Å². The van der Waals surface area contributed by atoms with Crippen LogP contribution in [0, 0.1) is 0 Å². The van der Waals surface area contributed by atoms with Crippen LogP contribution in [0.2, 0.25) is 0 Å². The lowest BCUT2D eigenvalue weighted by Crippen LogP contribution is -2.28. The Bertz CT molecular complexity index is 931. The third-order valence-corrected chi connectivity index (χ3v) is 5.42. The highest BCUT2D eigenvalue weighted by molar-refractivity contribution is 7.92. The minimum atomic E-state index is -4.82. The molecule has 0 amide bonds. The quantitative estimate of drug-likeness (QED) is 0.738. The number of aromatic nitrogens is 1. The van der Waals surface area contributed by atoms with Crippen molar-refractivity contribution in [3.8, 4) is 0 Å². The van der Waals surface area contributed by atoms with Crippen LogP contribution in [0.5, 0.6) is 0 Å². The number of alkyl halides is 2. The lowest BCUT2D eigenvalue weighted by Gasteiger charge is -2.18. The Balaban J connectivity index is 2.22. The van der Waals surface area contributed by atoms with Crippen molar-refractivity contribution in [2.24, 2.45) is 7.05 Å². The highest BCUT2D eigenvalue weighted by Crippen LogP contribution is 2.40. The van der Waals surface area contributed by atoms with Crippen molar-refractivity contribution < 1.29 is 17.2 Å². The van der Waals surface area contributed by atoms with Gasteiger partial charge in [-0.3, -0.25) is 0 Å². The van der Waals surface area contributed by atoms with Crippen molar-refractivity contribution in [1.82, 2.24) is 4.57 Å². The number of sulfone groups is 1. The van der Waals surface area contributed by atoms with Crippen LogP contribution in [0.25, 0.3) is 10.9 Å². The SMILES string of the molecule is Cn1c(C(F)(F)S(=O)(=O)c2ccccc2)cc2ccccc21. The van der Waals surface area contributed by atoms with E-state index in [2.05, 4.69) is 0 Å². The molecule has 3 nitrogen and oxygen atoms in total. The van der Waals surface area contributed by atoms with Crippen molar-refractivity contribution >= 4 is 20.7 Å². The largest absolute Gasteiger partial charge is 0.389 e. The van der Waals surface area contributed by atoms with Gasteiger partial charge in [0.25, 0.3) is 0 Å². The number of hydrogen-bond acceptors (Lipinski definition) is 2. The van der Waals surface area contributed by atoms with E-state index >= 15 is 0 Å². The Morgan fingerprint density at radius 2 is 1.55 bits per heavy atom. The molecule has 22 heavy (non-hydrogen) atoms. The van der Waals surface area contributed by atoms with E-state index in [1.54, 1.807) is 30.3 Å². The smallest absolute Gasteiger partial charge is 0.342 e. The van der Waals surface area contributed by atoms with E-state index in [1.165, 1.54) is 41.9 Å².